The second kappa shape index (κ2) is 6.65. The Morgan fingerprint density at radius 3 is 2.82 bits per heavy atom. The van der Waals surface area contributed by atoms with Gasteiger partial charge in [-0.25, -0.2) is 4.98 Å². The van der Waals surface area contributed by atoms with E-state index in [0.717, 1.165) is 28.6 Å². The second-order valence-electron chi connectivity index (χ2n) is 4.97. The summed E-state index contributed by atoms with van der Waals surface area (Å²) in [6.45, 7) is 5.69. The standard InChI is InChI=1S/C15H18N4O2S/c1-8-5-4-6-11(9(8)2)17-14(21)10(3)22-15-18-12(16)7-13(20)19-15/h4-7,10H,1-3H3,(H,17,21)(H3,16,18,19,20)/t10-/m1/s1. The summed E-state index contributed by atoms with van der Waals surface area (Å²) in [5.74, 6) is -0.0304. The van der Waals surface area contributed by atoms with E-state index in [1.807, 2.05) is 32.0 Å². The van der Waals surface area contributed by atoms with Gasteiger partial charge in [0.2, 0.25) is 5.91 Å². The van der Waals surface area contributed by atoms with Crippen molar-refractivity contribution < 1.29 is 4.79 Å². The van der Waals surface area contributed by atoms with Gasteiger partial charge in [0.05, 0.1) is 5.25 Å². The van der Waals surface area contributed by atoms with Crippen LogP contribution in [-0.2, 0) is 4.79 Å². The maximum Gasteiger partial charge on any atom is 0.253 e. The highest BCUT2D eigenvalue weighted by Gasteiger charge is 2.17. The SMILES string of the molecule is Cc1cccc(NC(=O)[C@@H](C)Sc2nc(N)cc(=O)[nH]2)c1C. The predicted molar refractivity (Wildman–Crippen MR) is 89.1 cm³/mol. The number of aryl methyl sites for hydroxylation is 1. The van der Waals surface area contributed by atoms with Crippen molar-refractivity contribution in [1.29, 1.82) is 0 Å². The highest BCUT2D eigenvalue weighted by molar-refractivity contribution is 8.00. The van der Waals surface area contributed by atoms with Gasteiger partial charge in [-0.15, -0.1) is 0 Å². The van der Waals surface area contributed by atoms with Gasteiger partial charge in [-0.05, 0) is 38.0 Å². The largest absolute Gasteiger partial charge is 0.383 e. The summed E-state index contributed by atoms with van der Waals surface area (Å²) in [7, 11) is 0. The molecule has 0 aliphatic rings. The third kappa shape index (κ3) is 3.88. The van der Waals surface area contributed by atoms with Gasteiger partial charge in [-0.3, -0.25) is 9.59 Å². The van der Waals surface area contributed by atoms with Gasteiger partial charge in [0.15, 0.2) is 5.16 Å². The molecule has 1 atom stereocenters. The topological polar surface area (TPSA) is 101 Å². The number of nitrogens with zero attached hydrogens (tertiary/aromatic N) is 1. The fourth-order valence-corrected chi connectivity index (χ4v) is 2.67. The minimum absolute atomic E-state index is 0.133. The molecule has 2 rings (SSSR count). The van der Waals surface area contributed by atoms with Crippen molar-refractivity contribution in [3.8, 4) is 0 Å². The molecule has 1 amide bonds. The molecule has 2 aromatic rings. The maximum absolute atomic E-state index is 12.3. The Balaban J connectivity index is 2.09. The van der Waals surface area contributed by atoms with E-state index in [4.69, 9.17) is 5.73 Å². The third-order valence-corrected chi connectivity index (χ3v) is 4.24. The lowest BCUT2D eigenvalue weighted by atomic mass is 10.1. The Labute approximate surface area is 132 Å². The number of aromatic nitrogens is 2. The Morgan fingerprint density at radius 1 is 1.41 bits per heavy atom. The summed E-state index contributed by atoms with van der Waals surface area (Å²) in [6, 6.07) is 6.94. The van der Waals surface area contributed by atoms with Gasteiger partial charge in [0.25, 0.3) is 5.56 Å². The maximum atomic E-state index is 12.3. The molecule has 0 spiro atoms. The zero-order valence-corrected chi connectivity index (χ0v) is 13.5. The smallest absolute Gasteiger partial charge is 0.253 e. The van der Waals surface area contributed by atoms with E-state index in [1.54, 1.807) is 6.92 Å². The lowest BCUT2D eigenvalue weighted by Gasteiger charge is -2.14. The van der Waals surface area contributed by atoms with E-state index < -0.39 is 5.25 Å². The normalized spacial score (nSPS) is 12.0. The lowest BCUT2D eigenvalue weighted by molar-refractivity contribution is -0.115. The molecule has 6 nitrogen and oxygen atoms in total. The summed E-state index contributed by atoms with van der Waals surface area (Å²) in [6.07, 6.45) is 0. The van der Waals surface area contributed by atoms with E-state index >= 15 is 0 Å². The first kappa shape index (κ1) is 16.1. The van der Waals surface area contributed by atoms with Gasteiger partial charge in [0.1, 0.15) is 5.82 Å². The summed E-state index contributed by atoms with van der Waals surface area (Å²) in [5, 5.41) is 2.79. The van der Waals surface area contributed by atoms with Crippen molar-refractivity contribution in [3.05, 3.63) is 45.7 Å². The van der Waals surface area contributed by atoms with Crippen molar-refractivity contribution in [2.45, 2.75) is 31.2 Å². The summed E-state index contributed by atoms with van der Waals surface area (Å²) in [4.78, 5) is 30.2. The molecule has 0 saturated heterocycles. The number of benzene rings is 1. The van der Waals surface area contributed by atoms with Gasteiger partial charge >= 0.3 is 0 Å². The monoisotopic (exact) mass is 318 g/mol. The predicted octanol–water partition coefficient (Wildman–Crippen LogP) is 2.09. The van der Waals surface area contributed by atoms with Crippen LogP contribution in [0, 0.1) is 13.8 Å². The zero-order chi connectivity index (χ0) is 16.3. The second-order valence-corrected chi connectivity index (χ2v) is 6.30. The minimum atomic E-state index is -0.426. The van der Waals surface area contributed by atoms with Gasteiger partial charge in [-0.1, -0.05) is 23.9 Å². The van der Waals surface area contributed by atoms with Gasteiger partial charge < -0.3 is 16.0 Å². The van der Waals surface area contributed by atoms with Crippen LogP contribution in [0.1, 0.15) is 18.1 Å². The van der Waals surface area contributed by atoms with Crippen LogP contribution in [0.25, 0.3) is 0 Å². The van der Waals surface area contributed by atoms with Crippen molar-refractivity contribution in [3.63, 3.8) is 0 Å². The number of carbonyl (C=O) groups is 1. The van der Waals surface area contributed by atoms with Crippen LogP contribution < -0.4 is 16.6 Å². The van der Waals surface area contributed by atoms with Crippen LogP contribution in [0.4, 0.5) is 11.5 Å². The highest BCUT2D eigenvalue weighted by atomic mass is 32.2. The lowest BCUT2D eigenvalue weighted by Crippen LogP contribution is -2.23. The van der Waals surface area contributed by atoms with E-state index in [-0.39, 0.29) is 17.3 Å². The molecule has 0 saturated carbocycles. The van der Waals surface area contributed by atoms with Crippen LogP contribution >= 0.6 is 11.8 Å². The molecule has 1 heterocycles. The number of carbonyl (C=O) groups excluding carboxylic acids is 1. The minimum Gasteiger partial charge on any atom is -0.383 e. The zero-order valence-electron chi connectivity index (χ0n) is 12.6. The van der Waals surface area contributed by atoms with Crippen LogP contribution in [-0.4, -0.2) is 21.1 Å². The first-order valence-electron chi connectivity index (χ1n) is 6.77. The van der Waals surface area contributed by atoms with E-state index in [0.29, 0.717) is 5.16 Å². The Kier molecular flexibility index (Phi) is 4.87. The fourth-order valence-electron chi connectivity index (χ4n) is 1.85. The fraction of sp³-hybridized carbons (Fsp3) is 0.267. The quantitative estimate of drug-likeness (QED) is 0.592. The molecule has 1 aromatic heterocycles. The molecule has 0 aliphatic heterocycles. The number of rotatable bonds is 4. The number of thioether (sulfide) groups is 1. The Morgan fingerprint density at radius 2 is 2.14 bits per heavy atom. The average molecular weight is 318 g/mol. The molecule has 0 unspecified atom stereocenters. The van der Waals surface area contributed by atoms with Crippen molar-refractivity contribution in [2.75, 3.05) is 11.1 Å². The van der Waals surface area contributed by atoms with Crippen LogP contribution in [0.5, 0.6) is 0 Å². The molecular weight excluding hydrogens is 300 g/mol. The number of amides is 1. The molecule has 1 aromatic carbocycles. The van der Waals surface area contributed by atoms with Gasteiger partial charge in [0, 0.05) is 11.8 Å². The number of aromatic amines is 1. The number of nitrogens with one attached hydrogen (secondary N) is 2. The number of hydrogen-bond acceptors (Lipinski definition) is 5. The molecular formula is C15H18N4O2S. The third-order valence-electron chi connectivity index (χ3n) is 3.26. The molecule has 7 heteroatoms. The molecule has 4 N–H and O–H groups in total. The van der Waals surface area contributed by atoms with Crippen molar-refractivity contribution in [1.82, 2.24) is 9.97 Å². The Bertz CT molecular complexity index is 757. The van der Waals surface area contributed by atoms with E-state index in [9.17, 15) is 9.59 Å². The average Bonchev–Trinajstić information content (AvgIpc) is 2.42. The molecule has 116 valence electrons. The molecule has 0 aliphatic carbocycles. The van der Waals surface area contributed by atoms with E-state index in [2.05, 4.69) is 15.3 Å². The molecule has 22 heavy (non-hydrogen) atoms. The summed E-state index contributed by atoms with van der Waals surface area (Å²) < 4.78 is 0. The van der Waals surface area contributed by atoms with Crippen molar-refractivity contribution >= 4 is 29.2 Å². The van der Waals surface area contributed by atoms with E-state index in [1.165, 1.54) is 6.07 Å². The van der Waals surface area contributed by atoms with Crippen molar-refractivity contribution in [2.24, 2.45) is 0 Å². The Hall–Kier alpha value is -2.28. The number of anilines is 2. The molecule has 0 bridgehead atoms. The van der Waals surface area contributed by atoms with Crippen LogP contribution in [0.2, 0.25) is 0 Å². The van der Waals surface area contributed by atoms with Gasteiger partial charge in [-0.2, -0.15) is 0 Å². The number of hydrogen-bond donors (Lipinski definition) is 3. The number of nitrogens with two attached hydrogens (primary N) is 1. The first-order chi connectivity index (χ1) is 10.4. The number of nitrogen functional groups attached to an aromatic ring is 1. The van der Waals surface area contributed by atoms with Crippen LogP contribution in [0.15, 0.2) is 34.2 Å². The summed E-state index contributed by atoms with van der Waals surface area (Å²) >= 11 is 1.15. The molecule has 0 fully saturated rings. The molecule has 0 radical (unpaired) electrons. The summed E-state index contributed by atoms with van der Waals surface area (Å²) in [5.41, 5.74) is 8.12. The highest BCUT2D eigenvalue weighted by Crippen LogP contribution is 2.22. The first-order valence-corrected chi connectivity index (χ1v) is 7.65. The van der Waals surface area contributed by atoms with Crippen LogP contribution in [0.3, 0.4) is 0 Å². The number of H-pyrrole nitrogens is 1.